The third-order valence-electron chi connectivity index (χ3n) is 5.66. The molecule has 0 bridgehead atoms. The molecule has 0 spiro atoms. The number of methoxy groups -OCH3 is 1. The standard InChI is InChI=1S/C22H25NO2/c1-22(2)10-9-17-18-12-20(25-14-15-7-5-4-6-8-15)19(24-3)11-16(18)13-23-21(17)22/h4-8,11-13,17,21H,9-10,14H2,1-3H3. The molecule has 2 aliphatic rings. The molecule has 3 nitrogen and oxygen atoms in total. The molecule has 1 heterocycles. The fourth-order valence-electron chi connectivity index (χ4n) is 4.20. The molecule has 0 N–H and O–H groups in total. The summed E-state index contributed by atoms with van der Waals surface area (Å²) in [7, 11) is 1.69. The first-order chi connectivity index (χ1) is 12.1. The highest BCUT2D eigenvalue weighted by Gasteiger charge is 2.44. The van der Waals surface area contributed by atoms with Crippen LogP contribution in [0.15, 0.2) is 47.5 Å². The number of ether oxygens (including phenoxy) is 2. The van der Waals surface area contributed by atoms with Gasteiger partial charge >= 0.3 is 0 Å². The fourth-order valence-corrected chi connectivity index (χ4v) is 4.20. The van der Waals surface area contributed by atoms with E-state index in [1.807, 2.05) is 24.4 Å². The zero-order valence-electron chi connectivity index (χ0n) is 15.2. The molecule has 25 heavy (non-hydrogen) atoms. The molecular formula is C22H25NO2. The molecule has 0 aromatic heterocycles. The lowest BCUT2D eigenvalue weighted by atomic mass is 9.80. The first-order valence-electron chi connectivity index (χ1n) is 9.00. The number of hydrogen-bond acceptors (Lipinski definition) is 3. The summed E-state index contributed by atoms with van der Waals surface area (Å²) < 4.78 is 11.7. The van der Waals surface area contributed by atoms with E-state index in [4.69, 9.17) is 14.5 Å². The Morgan fingerprint density at radius 1 is 1.12 bits per heavy atom. The smallest absolute Gasteiger partial charge is 0.161 e. The van der Waals surface area contributed by atoms with Gasteiger partial charge in [-0.25, -0.2) is 0 Å². The SMILES string of the molecule is COc1cc2c(cc1OCc1ccccc1)C1CCC(C)(C)C1N=C2. The molecule has 1 fully saturated rings. The van der Waals surface area contributed by atoms with Crippen molar-refractivity contribution in [3.05, 3.63) is 59.2 Å². The van der Waals surface area contributed by atoms with Crippen LogP contribution in [-0.4, -0.2) is 19.4 Å². The first kappa shape index (κ1) is 16.2. The van der Waals surface area contributed by atoms with Gasteiger partial charge in [0.1, 0.15) is 6.61 Å². The van der Waals surface area contributed by atoms with Gasteiger partial charge in [0, 0.05) is 12.1 Å². The second-order valence-corrected chi connectivity index (χ2v) is 7.76. The Labute approximate surface area is 149 Å². The number of nitrogens with zero attached hydrogens (tertiary/aromatic N) is 1. The fraction of sp³-hybridized carbons (Fsp3) is 0.409. The highest BCUT2D eigenvalue weighted by atomic mass is 16.5. The van der Waals surface area contributed by atoms with Crippen molar-refractivity contribution in [1.29, 1.82) is 0 Å². The Morgan fingerprint density at radius 2 is 1.92 bits per heavy atom. The Bertz CT molecular complexity index is 795. The Kier molecular flexibility index (Phi) is 4.03. The van der Waals surface area contributed by atoms with Gasteiger partial charge in [0.05, 0.1) is 13.2 Å². The van der Waals surface area contributed by atoms with Crippen molar-refractivity contribution < 1.29 is 9.47 Å². The molecule has 130 valence electrons. The summed E-state index contributed by atoms with van der Waals surface area (Å²) in [6.45, 7) is 5.20. The predicted octanol–water partition coefficient (Wildman–Crippen LogP) is 4.98. The van der Waals surface area contributed by atoms with Crippen molar-refractivity contribution in [1.82, 2.24) is 0 Å². The summed E-state index contributed by atoms with van der Waals surface area (Å²) in [5, 5.41) is 0. The molecule has 2 aromatic carbocycles. The topological polar surface area (TPSA) is 30.8 Å². The van der Waals surface area contributed by atoms with Crippen LogP contribution in [0.1, 0.15) is 49.3 Å². The Balaban J connectivity index is 1.65. The van der Waals surface area contributed by atoms with E-state index in [0.29, 0.717) is 18.6 Å². The van der Waals surface area contributed by atoms with Crippen LogP contribution in [0.25, 0.3) is 0 Å². The molecule has 0 radical (unpaired) electrons. The summed E-state index contributed by atoms with van der Waals surface area (Å²) >= 11 is 0. The molecule has 1 aliphatic heterocycles. The second kappa shape index (κ2) is 6.21. The summed E-state index contributed by atoms with van der Waals surface area (Å²) in [5.41, 5.74) is 3.95. The molecule has 2 atom stereocenters. The molecule has 2 unspecified atom stereocenters. The van der Waals surface area contributed by atoms with Gasteiger partial charge in [0.2, 0.25) is 0 Å². The van der Waals surface area contributed by atoms with E-state index < -0.39 is 0 Å². The Hall–Kier alpha value is -2.29. The van der Waals surface area contributed by atoms with Gasteiger partial charge in [-0.05, 0) is 47.1 Å². The van der Waals surface area contributed by atoms with E-state index in [-0.39, 0.29) is 5.41 Å². The van der Waals surface area contributed by atoms with Gasteiger partial charge < -0.3 is 9.47 Å². The molecule has 1 saturated carbocycles. The largest absolute Gasteiger partial charge is 0.493 e. The highest BCUT2D eigenvalue weighted by molar-refractivity contribution is 5.85. The normalized spacial score (nSPS) is 23.0. The number of fused-ring (bicyclic) bond motifs is 3. The minimum atomic E-state index is 0.268. The molecule has 4 rings (SSSR count). The summed E-state index contributed by atoms with van der Waals surface area (Å²) in [4.78, 5) is 4.86. The van der Waals surface area contributed by atoms with Crippen LogP contribution in [0.3, 0.4) is 0 Å². The third kappa shape index (κ3) is 2.92. The lowest BCUT2D eigenvalue weighted by Crippen LogP contribution is -2.28. The van der Waals surface area contributed by atoms with Crippen LogP contribution in [-0.2, 0) is 6.61 Å². The molecule has 0 saturated heterocycles. The van der Waals surface area contributed by atoms with Gasteiger partial charge in [-0.2, -0.15) is 0 Å². The van der Waals surface area contributed by atoms with Crippen LogP contribution in [0.5, 0.6) is 11.5 Å². The maximum Gasteiger partial charge on any atom is 0.161 e. The molecule has 2 aromatic rings. The second-order valence-electron chi connectivity index (χ2n) is 7.76. The monoisotopic (exact) mass is 335 g/mol. The first-order valence-corrected chi connectivity index (χ1v) is 9.00. The number of aliphatic imine (C=N–C) groups is 1. The molecule has 3 heteroatoms. The summed E-state index contributed by atoms with van der Waals surface area (Å²) in [6, 6.07) is 14.9. The lowest BCUT2D eigenvalue weighted by Gasteiger charge is -2.31. The summed E-state index contributed by atoms with van der Waals surface area (Å²) in [5.74, 6) is 2.08. The predicted molar refractivity (Wildman–Crippen MR) is 101 cm³/mol. The number of rotatable bonds is 4. The van der Waals surface area contributed by atoms with Crippen LogP contribution >= 0.6 is 0 Å². The van der Waals surface area contributed by atoms with Crippen molar-refractivity contribution in [3.63, 3.8) is 0 Å². The minimum absolute atomic E-state index is 0.268. The van der Waals surface area contributed by atoms with E-state index in [1.54, 1.807) is 7.11 Å². The van der Waals surface area contributed by atoms with Gasteiger partial charge in [-0.1, -0.05) is 44.2 Å². The van der Waals surface area contributed by atoms with Gasteiger partial charge in [-0.3, -0.25) is 4.99 Å². The van der Waals surface area contributed by atoms with Crippen LogP contribution in [0, 0.1) is 5.41 Å². The van der Waals surface area contributed by atoms with Crippen molar-refractivity contribution in [2.24, 2.45) is 10.4 Å². The van der Waals surface area contributed by atoms with Gasteiger partial charge in [-0.15, -0.1) is 0 Å². The molecular weight excluding hydrogens is 310 g/mol. The van der Waals surface area contributed by atoms with Gasteiger partial charge in [0.25, 0.3) is 0 Å². The third-order valence-corrected chi connectivity index (χ3v) is 5.66. The van der Waals surface area contributed by atoms with Crippen molar-refractivity contribution in [2.75, 3.05) is 7.11 Å². The van der Waals surface area contributed by atoms with Crippen molar-refractivity contribution in [3.8, 4) is 11.5 Å². The van der Waals surface area contributed by atoms with Crippen molar-refractivity contribution >= 4 is 6.21 Å². The zero-order chi connectivity index (χ0) is 17.4. The van der Waals surface area contributed by atoms with E-state index >= 15 is 0 Å². The van der Waals surface area contributed by atoms with Gasteiger partial charge in [0.15, 0.2) is 11.5 Å². The average molecular weight is 335 g/mol. The quantitative estimate of drug-likeness (QED) is 0.789. The zero-order valence-corrected chi connectivity index (χ0v) is 15.2. The van der Waals surface area contributed by atoms with E-state index in [1.165, 1.54) is 24.0 Å². The summed E-state index contributed by atoms with van der Waals surface area (Å²) in [6.07, 6.45) is 4.42. The average Bonchev–Trinajstić information content (AvgIpc) is 2.95. The highest BCUT2D eigenvalue weighted by Crippen LogP contribution is 2.51. The van der Waals surface area contributed by atoms with E-state index in [0.717, 1.165) is 17.1 Å². The van der Waals surface area contributed by atoms with Crippen LogP contribution in [0.2, 0.25) is 0 Å². The maximum absolute atomic E-state index is 6.11. The van der Waals surface area contributed by atoms with Crippen LogP contribution in [0.4, 0.5) is 0 Å². The van der Waals surface area contributed by atoms with E-state index in [9.17, 15) is 0 Å². The number of hydrogen-bond donors (Lipinski definition) is 0. The molecule has 0 amide bonds. The minimum Gasteiger partial charge on any atom is -0.493 e. The maximum atomic E-state index is 6.11. The lowest BCUT2D eigenvalue weighted by molar-refractivity contribution is 0.283. The molecule has 1 aliphatic carbocycles. The Morgan fingerprint density at radius 3 is 2.68 bits per heavy atom. The van der Waals surface area contributed by atoms with Crippen molar-refractivity contribution in [2.45, 2.75) is 45.3 Å². The number of benzene rings is 2. The van der Waals surface area contributed by atoms with Crippen LogP contribution < -0.4 is 9.47 Å². The van der Waals surface area contributed by atoms with E-state index in [2.05, 4.69) is 38.1 Å².